The van der Waals surface area contributed by atoms with Crippen LogP contribution in [-0.4, -0.2) is 27.9 Å². The fourth-order valence-electron chi connectivity index (χ4n) is 2.82. The highest BCUT2D eigenvalue weighted by molar-refractivity contribution is 6.31. The van der Waals surface area contributed by atoms with Gasteiger partial charge in [0.05, 0.1) is 28.8 Å². The van der Waals surface area contributed by atoms with E-state index in [4.69, 9.17) is 21.6 Å². The molecule has 0 spiro atoms. The number of imidazole rings is 1. The number of hydrogen-bond acceptors (Lipinski definition) is 5. The van der Waals surface area contributed by atoms with Gasteiger partial charge in [-0.3, -0.25) is 14.2 Å². The molecular weight excluding hydrogens is 330 g/mol. The second-order valence-electron chi connectivity index (χ2n) is 5.47. The van der Waals surface area contributed by atoms with E-state index >= 15 is 0 Å². The number of carbonyl (C=O) groups excluding carboxylic acids is 2. The van der Waals surface area contributed by atoms with Gasteiger partial charge in [-0.15, -0.1) is 0 Å². The van der Waals surface area contributed by atoms with Gasteiger partial charge in [-0.25, -0.2) is 4.98 Å². The molecule has 0 saturated heterocycles. The summed E-state index contributed by atoms with van der Waals surface area (Å²) in [5.74, 6) is -1.02. The first-order valence-corrected chi connectivity index (χ1v) is 7.89. The SMILES string of the molecule is CCOC(=O)C1CC(=O)c2c(ncn2-c2ccc(C#N)c(Cl)c2)C1. The van der Waals surface area contributed by atoms with E-state index in [9.17, 15) is 9.59 Å². The van der Waals surface area contributed by atoms with E-state index in [0.717, 1.165) is 0 Å². The van der Waals surface area contributed by atoms with Crippen molar-refractivity contribution in [3.63, 3.8) is 0 Å². The van der Waals surface area contributed by atoms with Gasteiger partial charge in [0.25, 0.3) is 0 Å². The molecule has 0 radical (unpaired) electrons. The molecule has 0 N–H and O–H groups in total. The molecule has 0 saturated carbocycles. The summed E-state index contributed by atoms with van der Waals surface area (Å²) in [5, 5.41) is 9.26. The zero-order valence-electron chi connectivity index (χ0n) is 13.0. The monoisotopic (exact) mass is 343 g/mol. The van der Waals surface area contributed by atoms with Crippen LogP contribution in [0.3, 0.4) is 0 Å². The zero-order valence-corrected chi connectivity index (χ0v) is 13.7. The third-order valence-corrected chi connectivity index (χ3v) is 4.26. The summed E-state index contributed by atoms with van der Waals surface area (Å²) in [6.45, 7) is 2.02. The number of ketones is 1. The summed E-state index contributed by atoms with van der Waals surface area (Å²) in [4.78, 5) is 28.7. The minimum atomic E-state index is -0.488. The Morgan fingerprint density at radius 2 is 2.29 bits per heavy atom. The highest BCUT2D eigenvalue weighted by Gasteiger charge is 2.34. The molecule has 0 amide bonds. The second kappa shape index (κ2) is 6.46. The van der Waals surface area contributed by atoms with Gasteiger partial charge in [-0.1, -0.05) is 11.6 Å². The fraction of sp³-hybridized carbons (Fsp3) is 0.294. The molecule has 3 rings (SSSR count). The Morgan fingerprint density at radius 1 is 1.50 bits per heavy atom. The Labute approximate surface area is 143 Å². The second-order valence-corrected chi connectivity index (χ2v) is 5.87. The average Bonchev–Trinajstić information content (AvgIpc) is 2.99. The molecule has 0 bridgehead atoms. The Morgan fingerprint density at radius 3 is 2.96 bits per heavy atom. The van der Waals surface area contributed by atoms with Crippen LogP contribution in [0.25, 0.3) is 5.69 Å². The van der Waals surface area contributed by atoms with Crippen molar-refractivity contribution in [2.75, 3.05) is 6.61 Å². The van der Waals surface area contributed by atoms with Crippen LogP contribution in [0, 0.1) is 17.2 Å². The van der Waals surface area contributed by atoms with Crippen LogP contribution in [0.4, 0.5) is 0 Å². The zero-order chi connectivity index (χ0) is 17.3. The molecule has 6 nitrogen and oxygen atoms in total. The van der Waals surface area contributed by atoms with Gasteiger partial charge in [0.1, 0.15) is 18.1 Å². The van der Waals surface area contributed by atoms with Crippen LogP contribution in [-0.2, 0) is 16.0 Å². The van der Waals surface area contributed by atoms with Crippen molar-refractivity contribution in [3.8, 4) is 11.8 Å². The summed E-state index contributed by atoms with van der Waals surface area (Å²) >= 11 is 6.06. The van der Waals surface area contributed by atoms with E-state index in [0.29, 0.717) is 34.1 Å². The first-order valence-electron chi connectivity index (χ1n) is 7.51. The average molecular weight is 344 g/mol. The smallest absolute Gasteiger partial charge is 0.309 e. The number of esters is 1. The van der Waals surface area contributed by atoms with Crippen LogP contribution in [0.2, 0.25) is 5.02 Å². The lowest BCUT2D eigenvalue weighted by Gasteiger charge is -2.20. The number of rotatable bonds is 3. The van der Waals surface area contributed by atoms with Crippen molar-refractivity contribution < 1.29 is 14.3 Å². The van der Waals surface area contributed by atoms with Gasteiger partial charge in [-0.05, 0) is 25.1 Å². The number of halogens is 1. The molecule has 1 aliphatic rings. The standard InChI is InChI=1S/C17H14ClN3O3/c1-2-24-17(23)11-5-14-16(15(22)6-11)21(9-20-14)12-4-3-10(8-19)13(18)7-12/h3-4,7,9,11H,2,5-6H2,1H3. The predicted molar refractivity (Wildman–Crippen MR) is 86.1 cm³/mol. The summed E-state index contributed by atoms with van der Waals surface area (Å²) in [6, 6.07) is 6.91. The molecule has 122 valence electrons. The van der Waals surface area contributed by atoms with Gasteiger partial charge in [0, 0.05) is 18.5 Å². The fourth-order valence-corrected chi connectivity index (χ4v) is 3.04. The van der Waals surface area contributed by atoms with Crippen molar-refractivity contribution in [1.29, 1.82) is 5.26 Å². The lowest BCUT2D eigenvalue weighted by molar-refractivity contribution is -0.148. The number of ether oxygens (including phenoxy) is 1. The number of Topliss-reactive ketones (excluding diaryl/α,β-unsaturated/α-hetero) is 1. The van der Waals surface area contributed by atoms with E-state index in [1.165, 1.54) is 6.33 Å². The Balaban J connectivity index is 1.96. The molecule has 24 heavy (non-hydrogen) atoms. The minimum absolute atomic E-state index is 0.0987. The molecule has 1 atom stereocenters. The predicted octanol–water partition coefficient (Wildman–Crippen LogP) is 2.71. The first kappa shape index (κ1) is 16.2. The number of aromatic nitrogens is 2. The number of carbonyl (C=O) groups is 2. The molecule has 0 aliphatic heterocycles. The van der Waals surface area contributed by atoms with Crippen LogP contribution in [0.5, 0.6) is 0 Å². The number of nitrogens with zero attached hydrogens (tertiary/aromatic N) is 3. The van der Waals surface area contributed by atoms with Gasteiger partial charge >= 0.3 is 5.97 Å². The Bertz CT molecular complexity index is 866. The Kier molecular flexibility index (Phi) is 4.36. The summed E-state index contributed by atoms with van der Waals surface area (Å²) < 4.78 is 6.65. The summed E-state index contributed by atoms with van der Waals surface area (Å²) in [6.07, 6.45) is 2.01. The van der Waals surface area contributed by atoms with Gasteiger partial charge in [-0.2, -0.15) is 5.26 Å². The number of nitriles is 1. The van der Waals surface area contributed by atoms with Gasteiger partial charge in [0.15, 0.2) is 5.78 Å². The van der Waals surface area contributed by atoms with Crippen LogP contribution >= 0.6 is 11.6 Å². The maximum Gasteiger partial charge on any atom is 0.309 e. The summed E-state index contributed by atoms with van der Waals surface area (Å²) in [5.41, 5.74) is 2.04. The normalized spacial score (nSPS) is 16.4. The molecule has 1 aromatic carbocycles. The molecular formula is C17H14ClN3O3. The van der Waals surface area contributed by atoms with Crippen molar-refractivity contribution in [2.45, 2.75) is 19.8 Å². The van der Waals surface area contributed by atoms with E-state index in [1.807, 2.05) is 6.07 Å². The lowest BCUT2D eigenvalue weighted by Crippen LogP contribution is -2.29. The third kappa shape index (κ3) is 2.79. The van der Waals surface area contributed by atoms with E-state index in [2.05, 4.69) is 4.98 Å². The van der Waals surface area contributed by atoms with E-state index < -0.39 is 5.92 Å². The molecule has 2 aromatic rings. The maximum absolute atomic E-state index is 12.5. The summed E-state index contributed by atoms with van der Waals surface area (Å²) in [7, 11) is 0. The first-order chi connectivity index (χ1) is 11.5. The molecule has 1 aromatic heterocycles. The van der Waals surface area contributed by atoms with Crippen LogP contribution in [0.15, 0.2) is 24.5 Å². The van der Waals surface area contributed by atoms with Crippen molar-refractivity contribution in [1.82, 2.24) is 9.55 Å². The quantitative estimate of drug-likeness (QED) is 0.800. The molecule has 7 heteroatoms. The molecule has 0 fully saturated rings. The van der Waals surface area contributed by atoms with Crippen LogP contribution < -0.4 is 0 Å². The van der Waals surface area contributed by atoms with Crippen LogP contribution in [0.1, 0.15) is 35.1 Å². The topological polar surface area (TPSA) is 85.0 Å². The largest absolute Gasteiger partial charge is 0.466 e. The highest BCUT2D eigenvalue weighted by Crippen LogP contribution is 2.29. The maximum atomic E-state index is 12.5. The minimum Gasteiger partial charge on any atom is -0.466 e. The van der Waals surface area contributed by atoms with E-state index in [-0.39, 0.29) is 24.8 Å². The molecule has 1 heterocycles. The van der Waals surface area contributed by atoms with Crippen molar-refractivity contribution >= 4 is 23.4 Å². The van der Waals surface area contributed by atoms with E-state index in [1.54, 1.807) is 29.7 Å². The lowest BCUT2D eigenvalue weighted by atomic mass is 9.88. The Hall–Kier alpha value is -2.65. The number of hydrogen-bond donors (Lipinski definition) is 0. The van der Waals surface area contributed by atoms with Crippen molar-refractivity contribution in [3.05, 3.63) is 46.5 Å². The van der Waals surface area contributed by atoms with Gasteiger partial charge in [0.2, 0.25) is 0 Å². The van der Waals surface area contributed by atoms with Gasteiger partial charge < -0.3 is 4.74 Å². The number of fused-ring (bicyclic) bond motifs is 1. The number of benzene rings is 1. The van der Waals surface area contributed by atoms with Crippen molar-refractivity contribution in [2.24, 2.45) is 5.92 Å². The molecule has 1 aliphatic carbocycles. The third-order valence-electron chi connectivity index (χ3n) is 3.95. The highest BCUT2D eigenvalue weighted by atomic mass is 35.5. The molecule has 1 unspecified atom stereocenters.